The van der Waals surface area contributed by atoms with Gasteiger partial charge in [-0.05, 0) is 12.1 Å². The third-order valence-electron chi connectivity index (χ3n) is 3.00. The Morgan fingerprint density at radius 1 is 1.17 bits per heavy atom. The van der Waals surface area contributed by atoms with Gasteiger partial charge < -0.3 is 9.67 Å². The summed E-state index contributed by atoms with van der Waals surface area (Å²) in [6, 6.07) is 11.6. The highest BCUT2D eigenvalue weighted by Gasteiger charge is 2.16. The molecule has 3 rings (SSSR count). The summed E-state index contributed by atoms with van der Waals surface area (Å²) in [7, 11) is 1.85. The van der Waals surface area contributed by atoms with Crippen LogP contribution in [0, 0.1) is 0 Å². The van der Waals surface area contributed by atoms with Gasteiger partial charge >= 0.3 is 0 Å². The molecule has 2 aromatic heterocycles. The summed E-state index contributed by atoms with van der Waals surface area (Å²) < 4.78 is 1.79. The summed E-state index contributed by atoms with van der Waals surface area (Å²) in [4.78, 5) is 8.61. The number of hydrogen-bond acceptors (Lipinski definition) is 3. The van der Waals surface area contributed by atoms with Crippen LogP contribution >= 0.6 is 0 Å². The second kappa shape index (κ2) is 4.23. The van der Waals surface area contributed by atoms with Gasteiger partial charge in [0, 0.05) is 24.8 Å². The number of para-hydroxylation sites is 1. The Morgan fingerprint density at radius 2 is 2.00 bits per heavy atom. The molecule has 0 fully saturated rings. The van der Waals surface area contributed by atoms with E-state index in [1.807, 2.05) is 43.4 Å². The standard InChI is InChI=1S/C14H13N3O/c1-17-9-8-15-14(17)13(18)12-7-6-10-4-2-3-5-11(10)16-12/h2-9,13,18H,1H3. The first-order valence-corrected chi connectivity index (χ1v) is 5.76. The van der Waals surface area contributed by atoms with Crippen molar-refractivity contribution in [3.63, 3.8) is 0 Å². The van der Waals surface area contributed by atoms with E-state index in [0.29, 0.717) is 11.5 Å². The van der Waals surface area contributed by atoms with E-state index in [1.165, 1.54) is 0 Å². The molecule has 0 spiro atoms. The van der Waals surface area contributed by atoms with E-state index < -0.39 is 6.10 Å². The minimum absolute atomic E-state index is 0.595. The number of benzene rings is 1. The van der Waals surface area contributed by atoms with Crippen molar-refractivity contribution in [1.29, 1.82) is 0 Å². The molecule has 0 amide bonds. The van der Waals surface area contributed by atoms with Crippen LogP contribution in [-0.4, -0.2) is 19.6 Å². The molecule has 0 saturated heterocycles. The number of hydrogen-bond donors (Lipinski definition) is 1. The van der Waals surface area contributed by atoms with Crippen LogP contribution in [0.25, 0.3) is 10.9 Å². The Bertz CT molecular complexity index is 690. The quantitative estimate of drug-likeness (QED) is 0.744. The van der Waals surface area contributed by atoms with Gasteiger partial charge in [0.15, 0.2) is 6.10 Å². The van der Waals surface area contributed by atoms with Gasteiger partial charge in [0.05, 0.1) is 11.2 Å². The van der Waals surface area contributed by atoms with E-state index in [0.717, 1.165) is 10.9 Å². The predicted octanol–water partition coefficient (Wildman–Crippen LogP) is 2.05. The number of imidazole rings is 1. The molecule has 1 unspecified atom stereocenters. The number of aliphatic hydroxyl groups excluding tert-OH is 1. The molecule has 0 aliphatic carbocycles. The van der Waals surface area contributed by atoms with Crippen molar-refractivity contribution in [2.45, 2.75) is 6.10 Å². The zero-order chi connectivity index (χ0) is 12.5. The van der Waals surface area contributed by atoms with Crippen LogP contribution in [0.3, 0.4) is 0 Å². The average molecular weight is 239 g/mol. The summed E-state index contributed by atoms with van der Waals surface area (Å²) in [6.07, 6.45) is 2.67. The number of fused-ring (bicyclic) bond motifs is 1. The SMILES string of the molecule is Cn1ccnc1C(O)c1ccc2ccccc2n1. The summed E-state index contributed by atoms with van der Waals surface area (Å²) in [5.41, 5.74) is 1.49. The minimum Gasteiger partial charge on any atom is -0.379 e. The molecule has 4 nitrogen and oxygen atoms in total. The maximum atomic E-state index is 10.3. The molecular weight excluding hydrogens is 226 g/mol. The number of pyridine rings is 1. The molecule has 1 aromatic carbocycles. The first-order chi connectivity index (χ1) is 8.75. The van der Waals surface area contributed by atoms with Crippen LogP contribution in [0.15, 0.2) is 48.8 Å². The maximum Gasteiger partial charge on any atom is 0.153 e. The normalized spacial score (nSPS) is 12.8. The smallest absolute Gasteiger partial charge is 0.153 e. The van der Waals surface area contributed by atoms with Crippen molar-refractivity contribution in [2.24, 2.45) is 7.05 Å². The molecule has 0 radical (unpaired) electrons. The molecule has 3 aromatic rings. The summed E-state index contributed by atoms with van der Waals surface area (Å²) >= 11 is 0. The lowest BCUT2D eigenvalue weighted by atomic mass is 10.1. The fourth-order valence-corrected chi connectivity index (χ4v) is 2.01. The predicted molar refractivity (Wildman–Crippen MR) is 69.0 cm³/mol. The number of rotatable bonds is 2. The van der Waals surface area contributed by atoms with Crippen LogP contribution in [0.5, 0.6) is 0 Å². The van der Waals surface area contributed by atoms with Crippen molar-refractivity contribution < 1.29 is 5.11 Å². The third kappa shape index (κ3) is 1.76. The molecule has 0 aliphatic rings. The van der Waals surface area contributed by atoms with Gasteiger partial charge in [-0.1, -0.05) is 24.3 Å². The second-order valence-electron chi connectivity index (χ2n) is 4.23. The average Bonchev–Trinajstić information content (AvgIpc) is 2.83. The lowest BCUT2D eigenvalue weighted by Crippen LogP contribution is -2.08. The maximum absolute atomic E-state index is 10.3. The highest BCUT2D eigenvalue weighted by molar-refractivity contribution is 5.78. The summed E-state index contributed by atoms with van der Waals surface area (Å²) in [5.74, 6) is 0.595. The van der Waals surface area contributed by atoms with Gasteiger partial charge in [-0.25, -0.2) is 9.97 Å². The Hall–Kier alpha value is -2.20. The van der Waals surface area contributed by atoms with E-state index in [1.54, 1.807) is 17.0 Å². The second-order valence-corrected chi connectivity index (χ2v) is 4.23. The Labute approximate surface area is 105 Å². The van der Waals surface area contributed by atoms with E-state index in [4.69, 9.17) is 0 Å². The molecule has 0 aliphatic heterocycles. The fraction of sp³-hybridized carbons (Fsp3) is 0.143. The molecule has 2 heterocycles. The first kappa shape index (κ1) is 10.9. The minimum atomic E-state index is -0.797. The van der Waals surface area contributed by atoms with E-state index in [2.05, 4.69) is 9.97 Å². The lowest BCUT2D eigenvalue weighted by molar-refractivity contribution is 0.202. The summed E-state index contributed by atoms with van der Waals surface area (Å²) in [6.45, 7) is 0. The number of aryl methyl sites for hydroxylation is 1. The zero-order valence-corrected chi connectivity index (χ0v) is 9.99. The van der Waals surface area contributed by atoms with Crippen molar-refractivity contribution in [3.8, 4) is 0 Å². The molecule has 18 heavy (non-hydrogen) atoms. The van der Waals surface area contributed by atoms with Crippen molar-refractivity contribution >= 4 is 10.9 Å². The Morgan fingerprint density at radius 3 is 2.78 bits per heavy atom. The molecule has 90 valence electrons. The van der Waals surface area contributed by atoms with Gasteiger partial charge in [0.25, 0.3) is 0 Å². The Kier molecular flexibility index (Phi) is 2.57. The highest BCUT2D eigenvalue weighted by Crippen LogP contribution is 2.21. The van der Waals surface area contributed by atoms with E-state index >= 15 is 0 Å². The van der Waals surface area contributed by atoms with Gasteiger partial charge in [0.2, 0.25) is 0 Å². The van der Waals surface area contributed by atoms with Crippen LogP contribution in [0.2, 0.25) is 0 Å². The fourth-order valence-electron chi connectivity index (χ4n) is 2.01. The topological polar surface area (TPSA) is 50.9 Å². The van der Waals surface area contributed by atoms with Crippen LogP contribution in [0.1, 0.15) is 17.6 Å². The van der Waals surface area contributed by atoms with Gasteiger partial charge in [-0.3, -0.25) is 0 Å². The number of aliphatic hydroxyl groups is 1. The molecule has 1 atom stereocenters. The van der Waals surface area contributed by atoms with Gasteiger partial charge in [-0.2, -0.15) is 0 Å². The highest BCUT2D eigenvalue weighted by atomic mass is 16.3. The molecular formula is C14H13N3O. The molecule has 4 heteroatoms. The molecule has 0 bridgehead atoms. The number of nitrogens with zero attached hydrogens (tertiary/aromatic N) is 3. The first-order valence-electron chi connectivity index (χ1n) is 5.76. The van der Waals surface area contributed by atoms with Crippen molar-refractivity contribution in [2.75, 3.05) is 0 Å². The largest absolute Gasteiger partial charge is 0.379 e. The van der Waals surface area contributed by atoms with Gasteiger partial charge in [0.1, 0.15) is 5.82 Å². The monoisotopic (exact) mass is 239 g/mol. The lowest BCUT2D eigenvalue weighted by Gasteiger charge is -2.10. The van der Waals surface area contributed by atoms with Crippen LogP contribution < -0.4 is 0 Å². The van der Waals surface area contributed by atoms with Crippen LogP contribution in [-0.2, 0) is 7.05 Å². The summed E-state index contributed by atoms with van der Waals surface area (Å²) in [5, 5.41) is 11.3. The van der Waals surface area contributed by atoms with Crippen LogP contribution in [0.4, 0.5) is 0 Å². The van der Waals surface area contributed by atoms with Crippen molar-refractivity contribution in [1.82, 2.24) is 14.5 Å². The van der Waals surface area contributed by atoms with E-state index in [-0.39, 0.29) is 0 Å². The van der Waals surface area contributed by atoms with E-state index in [9.17, 15) is 5.11 Å². The Balaban J connectivity index is 2.07. The third-order valence-corrected chi connectivity index (χ3v) is 3.00. The van der Waals surface area contributed by atoms with Gasteiger partial charge in [-0.15, -0.1) is 0 Å². The zero-order valence-electron chi connectivity index (χ0n) is 9.99. The van der Waals surface area contributed by atoms with Crippen molar-refractivity contribution in [3.05, 3.63) is 60.3 Å². The number of aromatic nitrogens is 3. The molecule has 0 saturated carbocycles. The molecule has 1 N–H and O–H groups in total.